The van der Waals surface area contributed by atoms with Crippen LogP contribution in [0.25, 0.3) is 33.6 Å². The van der Waals surface area contributed by atoms with Gasteiger partial charge in [-0.15, -0.1) is 10.2 Å². The van der Waals surface area contributed by atoms with Crippen LogP contribution >= 0.6 is 0 Å². The van der Waals surface area contributed by atoms with E-state index >= 15 is 0 Å². The normalized spacial score (nSPS) is 12.6. The van der Waals surface area contributed by atoms with Crippen LogP contribution in [0, 0.1) is 23.2 Å². The topological polar surface area (TPSA) is 224 Å². The third-order valence-corrected chi connectivity index (χ3v) is 18.0. The van der Waals surface area contributed by atoms with Crippen molar-refractivity contribution in [3.8, 4) is 39.7 Å². The zero-order valence-electron chi connectivity index (χ0n) is 68.5. The number of H-pyrrole nitrogens is 1. The number of amides is 2. The van der Waals surface area contributed by atoms with Gasteiger partial charge in [0.15, 0.2) is 0 Å². The number of nitrogens with zero attached hydrogens (tertiary/aromatic N) is 6. The molecule has 0 aliphatic carbocycles. The number of carbonyl (C=O) groups excluding carboxylic acids is 6. The molecule has 0 radical (unpaired) electrons. The van der Waals surface area contributed by atoms with Crippen molar-refractivity contribution in [1.82, 2.24) is 30.4 Å². The van der Waals surface area contributed by atoms with E-state index in [1.807, 2.05) is 143 Å². The van der Waals surface area contributed by atoms with Crippen molar-refractivity contribution in [2.75, 3.05) is 26.4 Å². The highest BCUT2D eigenvalue weighted by Crippen LogP contribution is 2.31. The van der Waals surface area contributed by atoms with Gasteiger partial charge in [-0.05, 0) is 146 Å². The standard InChI is InChI=1S/C48H63N5O5.C48H62N2O5/c1-5-7-9-10-11-12-13-14-15-16-17-18-19-20-21-22-23-24-30-46(55)57-35-36-58-47(56)37-44(39(3)4)53(45(54)29-8-6-2)38-40-31-33-41(34-32-40)42-27-25-26-28-43(42)48-49-51-52-50-48;1-5-7-9-10-11-12-13-14-15-16-17-18-19-20-21-22-23-24-30-47(52)54-35-36-55-48(53)37-45(40(3)4)50(46(51)29-8-6-2)39-41-31-33-42(34-32-41)44-28-26-25-27-43(44)38-49/h7,9,11-12,14-15,17-18,20-21,23-28,31-34,39,44H,5-6,8,10,13,16,19,22,29-30,35-38H2,1-4H3,(H,49,50,51,52);7,9,11-12,14-15,17-18,20-21,23-28,31-34,40,45H,5-6,8,10,13,16,19,22,29-30,35-37,39H2,1-4H3/b2*9-7-,12-11-,15-14-,18-17-,21-20-,24-23-/t44-;45-/m11/s1. The van der Waals surface area contributed by atoms with E-state index in [-0.39, 0.29) is 99.8 Å². The first-order valence-electron chi connectivity index (χ1n) is 40.7. The number of hydrogen-bond acceptors (Lipinski definition) is 14. The Kier molecular flexibility index (Phi) is 50.9. The van der Waals surface area contributed by atoms with Gasteiger partial charge >= 0.3 is 23.9 Å². The maximum Gasteiger partial charge on any atom is 0.309 e. The Morgan fingerprint density at radius 1 is 0.407 bits per heavy atom. The molecule has 0 aliphatic heterocycles. The molecule has 0 unspecified atom stereocenters. The lowest BCUT2D eigenvalue weighted by molar-refractivity contribution is -0.154. The number of rotatable bonds is 53. The first-order valence-corrected chi connectivity index (χ1v) is 40.7. The highest BCUT2D eigenvalue weighted by Gasteiger charge is 2.31. The molecule has 0 aliphatic rings. The van der Waals surface area contributed by atoms with E-state index in [1.54, 1.807) is 23.1 Å². The number of unbranched alkanes of at least 4 members (excludes halogenated alkanes) is 2. The van der Waals surface area contributed by atoms with Crippen LogP contribution in [0.1, 0.15) is 213 Å². The monoisotopic (exact) mass is 1540 g/mol. The fourth-order valence-electron chi connectivity index (χ4n) is 11.7. The Bertz CT molecular complexity index is 3950. The third kappa shape index (κ3) is 41.8. The Labute approximate surface area is 674 Å². The molecule has 0 saturated heterocycles. The van der Waals surface area contributed by atoms with Gasteiger partial charge in [-0.25, -0.2) is 0 Å². The molecule has 2 amide bonds. The van der Waals surface area contributed by atoms with Crippen molar-refractivity contribution >= 4 is 35.7 Å². The van der Waals surface area contributed by atoms with Gasteiger partial charge in [-0.2, -0.15) is 10.5 Å². The van der Waals surface area contributed by atoms with Gasteiger partial charge in [-0.3, -0.25) is 28.8 Å². The first-order chi connectivity index (χ1) is 55.1. The minimum Gasteiger partial charge on any atom is -0.462 e. The molecule has 604 valence electrons. The predicted octanol–water partition coefficient (Wildman–Crippen LogP) is 22.0. The molecule has 113 heavy (non-hydrogen) atoms. The summed E-state index contributed by atoms with van der Waals surface area (Å²) in [5.74, 6) is -1.13. The van der Waals surface area contributed by atoms with Crippen molar-refractivity contribution in [2.45, 2.75) is 222 Å². The molecule has 1 N–H and O–H groups in total. The fourth-order valence-corrected chi connectivity index (χ4v) is 11.7. The van der Waals surface area contributed by atoms with Crippen molar-refractivity contribution in [3.05, 3.63) is 260 Å². The van der Waals surface area contributed by atoms with Crippen LogP contribution in [0.4, 0.5) is 0 Å². The number of aromatic nitrogens is 4. The van der Waals surface area contributed by atoms with E-state index < -0.39 is 11.9 Å². The number of ether oxygens (including phenoxy) is 4. The van der Waals surface area contributed by atoms with Crippen LogP contribution in [0.2, 0.25) is 0 Å². The van der Waals surface area contributed by atoms with Gasteiger partial charge in [0.05, 0.1) is 37.3 Å². The smallest absolute Gasteiger partial charge is 0.309 e. The molecular formula is C96H125N7O10. The van der Waals surface area contributed by atoms with E-state index in [1.165, 1.54) is 0 Å². The zero-order valence-corrected chi connectivity index (χ0v) is 68.5. The molecule has 4 aromatic carbocycles. The van der Waals surface area contributed by atoms with Crippen LogP contribution < -0.4 is 0 Å². The first kappa shape index (κ1) is 94.5. The largest absolute Gasteiger partial charge is 0.462 e. The maximum absolute atomic E-state index is 13.6. The number of nitriles is 1. The molecule has 1 aromatic heterocycles. The van der Waals surface area contributed by atoms with E-state index in [9.17, 15) is 34.0 Å². The Morgan fingerprint density at radius 2 is 0.726 bits per heavy atom. The molecule has 0 spiro atoms. The van der Waals surface area contributed by atoms with Crippen LogP contribution in [-0.2, 0) is 60.8 Å². The molecule has 17 nitrogen and oxygen atoms in total. The summed E-state index contributed by atoms with van der Waals surface area (Å²) in [7, 11) is 0. The lowest BCUT2D eigenvalue weighted by atomic mass is 9.96. The summed E-state index contributed by atoms with van der Waals surface area (Å²) in [5, 5.41) is 24.0. The summed E-state index contributed by atoms with van der Waals surface area (Å²) in [6.07, 6.45) is 66.2. The molecule has 5 aromatic rings. The summed E-state index contributed by atoms with van der Waals surface area (Å²) >= 11 is 0. The van der Waals surface area contributed by atoms with Crippen LogP contribution in [0.15, 0.2) is 243 Å². The summed E-state index contributed by atoms with van der Waals surface area (Å²) in [5.41, 5.74) is 7.07. The summed E-state index contributed by atoms with van der Waals surface area (Å²) in [6, 6.07) is 32.7. The third-order valence-electron chi connectivity index (χ3n) is 18.0. The minimum absolute atomic E-state index is 0.000807. The van der Waals surface area contributed by atoms with Crippen LogP contribution in [-0.4, -0.2) is 105 Å². The van der Waals surface area contributed by atoms with Gasteiger partial charge < -0.3 is 28.7 Å². The number of tetrazole rings is 1. The van der Waals surface area contributed by atoms with Crippen LogP contribution in [0.5, 0.6) is 0 Å². The second kappa shape index (κ2) is 60.8. The zero-order chi connectivity index (χ0) is 81.6. The summed E-state index contributed by atoms with van der Waals surface area (Å²) < 4.78 is 21.4. The highest BCUT2D eigenvalue weighted by atomic mass is 16.6. The molecule has 17 heteroatoms. The van der Waals surface area contributed by atoms with E-state index in [4.69, 9.17) is 18.9 Å². The van der Waals surface area contributed by atoms with Crippen molar-refractivity contribution in [1.29, 1.82) is 5.26 Å². The van der Waals surface area contributed by atoms with Crippen LogP contribution in [0.3, 0.4) is 0 Å². The summed E-state index contributed by atoms with van der Waals surface area (Å²) in [6.45, 7) is 16.9. The lowest BCUT2D eigenvalue weighted by Crippen LogP contribution is -2.44. The number of carbonyl (C=O) groups is 6. The molecule has 0 fully saturated rings. The number of esters is 4. The molecule has 2 atom stereocenters. The second-order valence-electron chi connectivity index (χ2n) is 27.7. The quantitative estimate of drug-likeness (QED) is 0.0165. The van der Waals surface area contributed by atoms with E-state index in [0.29, 0.717) is 37.3 Å². The molecule has 5 rings (SSSR count). The van der Waals surface area contributed by atoms with E-state index in [2.05, 4.69) is 169 Å². The van der Waals surface area contributed by atoms with Gasteiger partial charge in [0.1, 0.15) is 26.4 Å². The van der Waals surface area contributed by atoms with Crippen molar-refractivity contribution in [2.24, 2.45) is 11.8 Å². The average molecular weight is 1540 g/mol. The average Bonchev–Trinajstić information content (AvgIpc) is 0.907. The molecule has 0 saturated carbocycles. The Hall–Kier alpha value is -10.9. The van der Waals surface area contributed by atoms with Gasteiger partial charge in [0.2, 0.25) is 17.6 Å². The number of aromatic amines is 1. The molecule has 1 heterocycles. The van der Waals surface area contributed by atoms with Crippen molar-refractivity contribution < 1.29 is 47.7 Å². The van der Waals surface area contributed by atoms with Gasteiger partial charge in [0, 0.05) is 43.6 Å². The fraction of sp³-hybridized carbons (Fsp3) is 0.417. The molecule has 0 bridgehead atoms. The number of benzene rings is 4. The van der Waals surface area contributed by atoms with Gasteiger partial charge in [-0.1, -0.05) is 305 Å². The SMILES string of the molecule is CC/C=C\C/C=C\C/C=C\C/C=C\C/C=C\C/C=C\CC(=O)OCCOC(=O)C[C@H](C(C)C)N(Cc1ccc(-c2ccccc2-c2nn[nH]n2)cc1)C(=O)CCCC.CC/C=C\C/C=C\C/C=C\C/C=C\C/C=C\C/C=C\CC(=O)OCCOC(=O)C[C@H](C(C)C)N(Cc1ccc(-c2ccccc2C#N)cc1)C(=O)CCCC. The maximum atomic E-state index is 13.6. The Balaban J connectivity index is 0.000000477. The number of allylic oxidation sites excluding steroid dienone is 22. The van der Waals surface area contributed by atoms with Gasteiger partial charge in [0.25, 0.3) is 0 Å². The predicted molar refractivity (Wildman–Crippen MR) is 458 cm³/mol. The highest BCUT2D eigenvalue weighted by molar-refractivity contribution is 5.82. The minimum atomic E-state index is -0.441. The number of hydrogen-bond donors (Lipinski definition) is 1. The molecular weight excluding hydrogens is 1410 g/mol. The lowest BCUT2D eigenvalue weighted by Gasteiger charge is -2.34. The van der Waals surface area contributed by atoms with Crippen molar-refractivity contribution in [3.63, 3.8) is 0 Å². The number of nitrogens with one attached hydrogen (secondary N) is 1. The Morgan fingerprint density at radius 3 is 1.05 bits per heavy atom. The second-order valence-corrected chi connectivity index (χ2v) is 27.7. The summed E-state index contributed by atoms with van der Waals surface area (Å²) in [4.78, 5) is 81.0. The van der Waals surface area contributed by atoms with E-state index in [0.717, 1.165) is 142 Å².